The van der Waals surface area contributed by atoms with E-state index in [-0.39, 0.29) is 17.7 Å². The highest BCUT2D eigenvalue weighted by Crippen LogP contribution is 2.18. The minimum atomic E-state index is -0.442. The van der Waals surface area contributed by atoms with Gasteiger partial charge in [0.15, 0.2) is 0 Å². The summed E-state index contributed by atoms with van der Waals surface area (Å²) in [5.74, 6) is -0.285. The van der Waals surface area contributed by atoms with Crippen LogP contribution in [0, 0.1) is 12.7 Å². The lowest BCUT2D eigenvalue weighted by Gasteiger charge is -2.09. The average molecular weight is 291 g/mol. The third-order valence-electron chi connectivity index (χ3n) is 2.76. The number of amides is 1. The Morgan fingerprint density at radius 3 is 2.29 bits per heavy atom. The summed E-state index contributed by atoms with van der Waals surface area (Å²) in [4.78, 5) is 20.1. The van der Waals surface area contributed by atoms with Crippen LogP contribution >= 0.6 is 0 Å². The van der Waals surface area contributed by atoms with E-state index in [1.165, 1.54) is 38.5 Å². The van der Waals surface area contributed by atoms with Gasteiger partial charge in [-0.2, -0.15) is 9.97 Å². The Balaban J connectivity index is 2.26. The maximum Gasteiger partial charge on any atom is 0.258 e. The van der Waals surface area contributed by atoms with Gasteiger partial charge in [0, 0.05) is 5.56 Å². The van der Waals surface area contributed by atoms with Crippen LogP contribution in [0.5, 0.6) is 11.8 Å². The molecular weight excluding hydrogens is 277 g/mol. The van der Waals surface area contributed by atoms with Gasteiger partial charge in [0.1, 0.15) is 5.82 Å². The highest BCUT2D eigenvalue weighted by Gasteiger charge is 2.13. The largest absolute Gasteiger partial charge is 0.481 e. The Bertz CT molecular complexity index is 654. The van der Waals surface area contributed by atoms with Gasteiger partial charge in [-0.15, -0.1) is 0 Å². The van der Waals surface area contributed by atoms with E-state index >= 15 is 0 Å². The van der Waals surface area contributed by atoms with Gasteiger partial charge in [-0.3, -0.25) is 10.1 Å². The van der Waals surface area contributed by atoms with E-state index in [1.807, 2.05) is 0 Å². The second kappa shape index (κ2) is 6.17. The maximum atomic E-state index is 13.0. The minimum absolute atomic E-state index is 0.0416. The number of hydrogen-bond donors (Lipinski definition) is 1. The Kier molecular flexibility index (Phi) is 4.32. The predicted octanol–water partition coefficient (Wildman–Crippen LogP) is 2.19. The number of anilines is 1. The van der Waals surface area contributed by atoms with Gasteiger partial charge in [0.25, 0.3) is 5.91 Å². The SMILES string of the molecule is COc1cc(OC)nc(NC(=O)c2ccc(F)cc2C)n1. The molecule has 110 valence electrons. The molecule has 0 unspecified atom stereocenters. The zero-order valence-electron chi connectivity index (χ0n) is 11.8. The molecule has 0 saturated heterocycles. The second-order valence-corrected chi connectivity index (χ2v) is 4.19. The van der Waals surface area contributed by atoms with Crippen molar-refractivity contribution in [3.8, 4) is 11.8 Å². The van der Waals surface area contributed by atoms with E-state index in [0.717, 1.165) is 0 Å². The molecule has 0 saturated carbocycles. The number of carbonyl (C=O) groups excluding carboxylic acids is 1. The quantitative estimate of drug-likeness (QED) is 0.934. The Hall–Kier alpha value is -2.70. The van der Waals surface area contributed by atoms with Gasteiger partial charge >= 0.3 is 0 Å². The van der Waals surface area contributed by atoms with Crippen molar-refractivity contribution in [1.82, 2.24) is 9.97 Å². The van der Waals surface area contributed by atoms with Crippen LogP contribution in [0.3, 0.4) is 0 Å². The standard InChI is InChI=1S/C14H14FN3O3/c1-8-6-9(15)4-5-10(8)13(19)18-14-16-11(20-2)7-12(17-14)21-3/h4-7H,1-3H3,(H,16,17,18,19). The van der Waals surface area contributed by atoms with Gasteiger partial charge in [0.2, 0.25) is 17.7 Å². The molecule has 7 heteroatoms. The van der Waals surface area contributed by atoms with Crippen LogP contribution < -0.4 is 14.8 Å². The van der Waals surface area contributed by atoms with Crippen molar-refractivity contribution < 1.29 is 18.7 Å². The smallest absolute Gasteiger partial charge is 0.258 e. The van der Waals surface area contributed by atoms with Gasteiger partial charge in [-0.1, -0.05) is 0 Å². The third-order valence-corrected chi connectivity index (χ3v) is 2.76. The molecular formula is C14H14FN3O3. The van der Waals surface area contributed by atoms with Crippen molar-refractivity contribution in [2.75, 3.05) is 19.5 Å². The second-order valence-electron chi connectivity index (χ2n) is 4.19. The molecule has 1 N–H and O–H groups in total. The zero-order chi connectivity index (χ0) is 15.4. The van der Waals surface area contributed by atoms with E-state index in [1.54, 1.807) is 6.92 Å². The first-order valence-corrected chi connectivity index (χ1v) is 6.08. The lowest BCUT2D eigenvalue weighted by atomic mass is 10.1. The van der Waals surface area contributed by atoms with Crippen molar-refractivity contribution in [3.05, 3.63) is 41.2 Å². The summed E-state index contributed by atoms with van der Waals surface area (Å²) in [6.45, 7) is 1.64. The molecule has 2 aromatic rings. The Morgan fingerprint density at radius 2 is 1.76 bits per heavy atom. The number of nitrogens with one attached hydrogen (secondary N) is 1. The number of aromatic nitrogens is 2. The van der Waals surface area contributed by atoms with Gasteiger partial charge in [-0.05, 0) is 30.7 Å². The average Bonchev–Trinajstić information content (AvgIpc) is 2.46. The minimum Gasteiger partial charge on any atom is -0.481 e. The summed E-state index contributed by atoms with van der Waals surface area (Å²) >= 11 is 0. The summed E-state index contributed by atoms with van der Waals surface area (Å²) in [5, 5.41) is 2.52. The third kappa shape index (κ3) is 3.44. The van der Waals surface area contributed by atoms with Crippen molar-refractivity contribution in [2.24, 2.45) is 0 Å². The van der Waals surface area contributed by atoms with Crippen LogP contribution in [0.2, 0.25) is 0 Å². The molecule has 1 aromatic carbocycles. The van der Waals surface area contributed by atoms with Crippen molar-refractivity contribution in [2.45, 2.75) is 6.92 Å². The van der Waals surface area contributed by atoms with Crippen molar-refractivity contribution >= 4 is 11.9 Å². The Morgan fingerprint density at radius 1 is 1.14 bits per heavy atom. The number of nitrogens with zero attached hydrogens (tertiary/aromatic N) is 2. The number of carbonyl (C=O) groups is 1. The maximum absolute atomic E-state index is 13.0. The molecule has 0 bridgehead atoms. The molecule has 0 aliphatic carbocycles. The molecule has 1 heterocycles. The lowest BCUT2D eigenvalue weighted by molar-refractivity contribution is 0.102. The monoisotopic (exact) mass is 291 g/mol. The molecule has 0 atom stereocenters. The van der Waals surface area contributed by atoms with Crippen LogP contribution in [0.4, 0.5) is 10.3 Å². The van der Waals surface area contributed by atoms with Crippen LogP contribution in [0.15, 0.2) is 24.3 Å². The number of aryl methyl sites for hydroxylation is 1. The van der Waals surface area contributed by atoms with Crippen molar-refractivity contribution in [1.29, 1.82) is 0 Å². The van der Waals surface area contributed by atoms with Gasteiger partial charge in [-0.25, -0.2) is 4.39 Å². The molecule has 1 aromatic heterocycles. The van der Waals surface area contributed by atoms with Crippen molar-refractivity contribution in [3.63, 3.8) is 0 Å². The topological polar surface area (TPSA) is 73.3 Å². The summed E-state index contributed by atoms with van der Waals surface area (Å²) in [6.07, 6.45) is 0. The van der Waals surface area contributed by atoms with Crippen LogP contribution in [-0.4, -0.2) is 30.1 Å². The number of benzene rings is 1. The molecule has 0 aliphatic heterocycles. The normalized spacial score (nSPS) is 10.1. The Labute approximate surface area is 120 Å². The number of rotatable bonds is 4. The highest BCUT2D eigenvalue weighted by molar-refractivity contribution is 6.04. The first-order valence-electron chi connectivity index (χ1n) is 6.08. The number of ether oxygens (including phenoxy) is 2. The molecule has 2 rings (SSSR count). The lowest BCUT2D eigenvalue weighted by Crippen LogP contribution is -2.16. The summed E-state index contributed by atoms with van der Waals surface area (Å²) in [6, 6.07) is 5.38. The highest BCUT2D eigenvalue weighted by atomic mass is 19.1. The summed E-state index contributed by atoms with van der Waals surface area (Å²) < 4.78 is 23.0. The molecule has 0 radical (unpaired) electrons. The van der Waals surface area contributed by atoms with E-state index in [4.69, 9.17) is 9.47 Å². The van der Waals surface area contributed by atoms with Crippen LogP contribution in [-0.2, 0) is 0 Å². The van der Waals surface area contributed by atoms with Crippen LogP contribution in [0.25, 0.3) is 0 Å². The number of hydrogen-bond acceptors (Lipinski definition) is 5. The molecule has 21 heavy (non-hydrogen) atoms. The van der Waals surface area contributed by atoms with Gasteiger partial charge < -0.3 is 9.47 Å². The predicted molar refractivity (Wildman–Crippen MR) is 74.2 cm³/mol. The van der Waals surface area contributed by atoms with E-state index in [2.05, 4.69) is 15.3 Å². The van der Waals surface area contributed by atoms with E-state index in [9.17, 15) is 9.18 Å². The summed E-state index contributed by atoms with van der Waals surface area (Å²) in [7, 11) is 2.88. The van der Waals surface area contributed by atoms with Crippen LogP contribution in [0.1, 0.15) is 15.9 Å². The molecule has 0 aliphatic rings. The summed E-state index contributed by atoms with van der Waals surface area (Å²) in [5.41, 5.74) is 0.851. The fourth-order valence-corrected chi connectivity index (χ4v) is 1.72. The first kappa shape index (κ1) is 14.7. The van der Waals surface area contributed by atoms with E-state index < -0.39 is 11.7 Å². The fraction of sp³-hybridized carbons (Fsp3) is 0.214. The number of halogens is 1. The zero-order valence-corrected chi connectivity index (χ0v) is 11.8. The van der Waals surface area contributed by atoms with Gasteiger partial charge in [0.05, 0.1) is 20.3 Å². The van der Waals surface area contributed by atoms with E-state index in [0.29, 0.717) is 11.1 Å². The molecule has 6 nitrogen and oxygen atoms in total. The molecule has 1 amide bonds. The molecule has 0 spiro atoms. The number of methoxy groups -OCH3 is 2. The first-order chi connectivity index (χ1) is 10.0. The molecule has 0 fully saturated rings. The fourth-order valence-electron chi connectivity index (χ4n) is 1.72.